The van der Waals surface area contributed by atoms with Gasteiger partial charge in [-0.05, 0) is 30.0 Å². The van der Waals surface area contributed by atoms with E-state index in [-0.39, 0.29) is 5.78 Å². The molecule has 0 saturated heterocycles. The number of para-hydroxylation sites is 1. The number of allylic oxidation sites excluding steroid dienone is 1. The maximum absolute atomic E-state index is 11.7. The van der Waals surface area contributed by atoms with Crippen molar-refractivity contribution in [2.75, 3.05) is 5.32 Å². The third-order valence-corrected chi connectivity index (χ3v) is 3.27. The van der Waals surface area contributed by atoms with Gasteiger partial charge in [0.05, 0.1) is 4.88 Å². The van der Waals surface area contributed by atoms with E-state index in [1.807, 2.05) is 48.7 Å². The SMILES string of the molecule is Cc1ccccc1N/C=C/C(=O)c1cccs1. The molecule has 0 radical (unpaired) electrons. The van der Waals surface area contributed by atoms with Gasteiger partial charge in [-0.15, -0.1) is 11.3 Å². The lowest BCUT2D eigenvalue weighted by Crippen LogP contribution is -1.94. The van der Waals surface area contributed by atoms with Gasteiger partial charge < -0.3 is 5.32 Å². The first-order valence-electron chi connectivity index (χ1n) is 5.34. The number of hydrogen-bond acceptors (Lipinski definition) is 3. The minimum absolute atomic E-state index is 0.0288. The van der Waals surface area contributed by atoms with E-state index in [9.17, 15) is 4.79 Å². The van der Waals surface area contributed by atoms with E-state index in [1.165, 1.54) is 11.3 Å². The highest BCUT2D eigenvalue weighted by Crippen LogP contribution is 2.13. The summed E-state index contributed by atoms with van der Waals surface area (Å²) in [4.78, 5) is 12.4. The molecule has 1 aromatic heterocycles. The standard InChI is InChI=1S/C14H13NOS/c1-11-5-2-3-6-12(11)15-9-8-13(16)14-7-4-10-17-14/h2-10,15H,1H3/b9-8+. The fourth-order valence-electron chi connectivity index (χ4n) is 1.44. The number of carbonyl (C=O) groups excluding carboxylic acids is 1. The molecular weight excluding hydrogens is 230 g/mol. The van der Waals surface area contributed by atoms with Gasteiger partial charge in [0.2, 0.25) is 0 Å². The smallest absolute Gasteiger partial charge is 0.197 e. The molecule has 17 heavy (non-hydrogen) atoms. The van der Waals surface area contributed by atoms with Gasteiger partial charge in [-0.1, -0.05) is 24.3 Å². The van der Waals surface area contributed by atoms with Crippen molar-refractivity contribution in [2.24, 2.45) is 0 Å². The lowest BCUT2D eigenvalue weighted by atomic mass is 10.2. The Morgan fingerprint density at radius 3 is 2.76 bits per heavy atom. The maximum Gasteiger partial charge on any atom is 0.197 e. The van der Waals surface area contributed by atoms with E-state index in [1.54, 1.807) is 12.3 Å². The van der Waals surface area contributed by atoms with Crippen LogP contribution in [0, 0.1) is 6.92 Å². The summed E-state index contributed by atoms with van der Waals surface area (Å²) in [6, 6.07) is 11.7. The normalized spacial score (nSPS) is 10.6. The molecule has 0 spiro atoms. The molecule has 1 heterocycles. The first kappa shape index (κ1) is 11.6. The second-order valence-corrected chi connectivity index (χ2v) is 4.58. The van der Waals surface area contributed by atoms with Crippen molar-refractivity contribution in [2.45, 2.75) is 6.92 Å². The van der Waals surface area contributed by atoms with Crippen LogP contribution in [0.1, 0.15) is 15.2 Å². The number of hydrogen-bond donors (Lipinski definition) is 1. The highest BCUT2D eigenvalue weighted by atomic mass is 32.1. The number of thiophene rings is 1. The molecule has 1 N–H and O–H groups in total. The summed E-state index contributed by atoms with van der Waals surface area (Å²) in [6.07, 6.45) is 3.24. The highest BCUT2D eigenvalue weighted by Gasteiger charge is 2.01. The fourth-order valence-corrected chi connectivity index (χ4v) is 2.09. The topological polar surface area (TPSA) is 29.1 Å². The van der Waals surface area contributed by atoms with Crippen LogP contribution < -0.4 is 5.32 Å². The van der Waals surface area contributed by atoms with Crippen molar-refractivity contribution < 1.29 is 4.79 Å². The summed E-state index contributed by atoms with van der Waals surface area (Å²) < 4.78 is 0. The first-order valence-corrected chi connectivity index (χ1v) is 6.22. The Kier molecular flexibility index (Phi) is 3.73. The minimum atomic E-state index is 0.0288. The zero-order valence-corrected chi connectivity index (χ0v) is 10.3. The van der Waals surface area contributed by atoms with Crippen LogP contribution in [0.15, 0.2) is 54.1 Å². The van der Waals surface area contributed by atoms with Gasteiger partial charge in [0.1, 0.15) is 0 Å². The van der Waals surface area contributed by atoms with Crippen LogP contribution >= 0.6 is 11.3 Å². The first-order chi connectivity index (χ1) is 8.27. The number of benzene rings is 1. The van der Waals surface area contributed by atoms with Gasteiger partial charge in [-0.3, -0.25) is 4.79 Å². The Hall–Kier alpha value is -1.87. The summed E-state index contributed by atoms with van der Waals surface area (Å²) in [5.41, 5.74) is 2.17. The van der Waals surface area contributed by atoms with Crippen molar-refractivity contribution in [1.82, 2.24) is 0 Å². The molecule has 0 atom stereocenters. The Bertz CT molecular complexity index is 529. The lowest BCUT2D eigenvalue weighted by Gasteiger charge is -2.03. The Labute approximate surface area is 105 Å². The number of rotatable bonds is 4. The second kappa shape index (κ2) is 5.46. The van der Waals surface area contributed by atoms with Crippen LogP contribution in [0.5, 0.6) is 0 Å². The summed E-state index contributed by atoms with van der Waals surface area (Å²) in [5.74, 6) is 0.0288. The fraction of sp³-hybridized carbons (Fsp3) is 0.0714. The second-order valence-electron chi connectivity index (χ2n) is 3.63. The van der Waals surface area contributed by atoms with Crippen LogP contribution in [0.4, 0.5) is 5.69 Å². The molecule has 2 rings (SSSR count). The highest BCUT2D eigenvalue weighted by molar-refractivity contribution is 7.12. The van der Waals surface area contributed by atoms with E-state index in [0.29, 0.717) is 0 Å². The number of aryl methyl sites for hydroxylation is 1. The number of carbonyl (C=O) groups is 1. The molecule has 3 heteroatoms. The molecule has 1 aromatic carbocycles. The van der Waals surface area contributed by atoms with Crippen LogP contribution in [0.25, 0.3) is 0 Å². The summed E-state index contributed by atoms with van der Waals surface area (Å²) in [5, 5.41) is 5.01. The van der Waals surface area contributed by atoms with Crippen LogP contribution in [0.3, 0.4) is 0 Å². The summed E-state index contributed by atoms with van der Waals surface area (Å²) >= 11 is 1.45. The van der Waals surface area contributed by atoms with E-state index >= 15 is 0 Å². The predicted molar refractivity (Wildman–Crippen MR) is 72.6 cm³/mol. The molecule has 0 bridgehead atoms. The molecule has 0 fully saturated rings. The predicted octanol–water partition coefficient (Wildman–Crippen LogP) is 3.87. The van der Waals surface area contributed by atoms with E-state index in [2.05, 4.69) is 5.32 Å². The average molecular weight is 243 g/mol. The number of nitrogens with one attached hydrogen (secondary N) is 1. The monoisotopic (exact) mass is 243 g/mol. The summed E-state index contributed by atoms with van der Waals surface area (Å²) in [6.45, 7) is 2.03. The average Bonchev–Trinajstić information content (AvgIpc) is 2.85. The molecule has 2 aromatic rings. The molecular formula is C14H13NOS. The molecule has 0 amide bonds. The van der Waals surface area contributed by atoms with Crippen molar-refractivity contribution in [3.8, 4) is 0 Å². The van der Waals surface area contributed by atoms with E-state index < -0.39 is 0 Å². The lowest BCUT2D eigenvalue weighted by molar-refractivity contribution is 0.105. The quantitative estimate of drug-likeness (QED) is 0.652. The molecule has 0 saturated carbocycles. The van der Waals surface area contributed by atoms with Crippen LogP contribution in [0.2, 0.25) is 0 Å². The molecule has 2 nitrogen and oxygen atoms in total. The van der Waals surface area contributed by atoms with E-state index in [0.717, 1.165) is 16.1 Å². The van der Waals surface area contributed by atoms with Gasteiger partial charge in [0, 0.05) is 18.0 Å². The zero-order valence-electron chi connectivity index (χ0n) is 9.51. The van der Waals surface area contributed by atoms with Crippen LogP contribution in [-0.2, 0) is 0 Å². The van der Waals surface area contributed by atoms with Crippen molar-refractivity contribution >= 4 is 22.8 Å². The van der Waals surface area contributed by atoms with Gasteiger partial charge >= 0.3 is 0 Å². The molecule has 86 valence electrons. The van der Waals surface area contributed by atoms with Gasteiger partial charge in [-0.25, -0.2) is 0 Å². The minimum Gasteiger partial charge on any atom is -0.361 e. The van der Waals surface area contributed by atoms with Gasteiger partial charge in [0.15, 0.2) is 5.78 Å². The molecule has 0 aliphatic rings. The Morgan fingerprint density at radius 1 is 1.24 bits per heavy atom. The molecule has 0 aliphatic heterocycles. The third-order valence-electron chi connectivity index (χ3n) is 2.38. The van der Waals surface area contributed by atoms with Crippen molar-refractivity contribution in [1.29, 1.82) is 0 Å². The molecule has 0 aliphatic carbocycles. The Morgan fingerprint density at radius 2 is 2.06 bits per heavy atom. The third kappa shape index (κ3) is 3.04. The largest absolute Gasteiger partial charge is 0.361 e. The number of ketones is 1. The van der Waals surface area contributed by atoms with Crippen LogP contribution in [-0.4, -0.2) is 5.78 Å². The van der Waals surface area contributed by atoms with Gasteiger partial charge in [0.25, 0.3) is 0 Å². The van der Waals surface area contributed by atoms with Crippen molar-refractivity contribution in [3.63, 3.8) is 0 Å². The molecule has 0 unspecified atom stereocenters. The zero-order chi connectivity index (χ0) is 12.1. The Balaban J connectivity index is 1.99. The van der Waals surface area contributed by atoms with Gasteiger partial charge in [-0.2, -0.15) is 0 Å². The van der Waals surface area contributed by atoms with Crippen molar-refractivity contribution in [3.05, 3.63) is 64.5 Å². The number of anilines is 1. The summed E-state index contributed by atoms with van der Waals surface area (Å²) in [7, 11) is 0. The van der Waals surface area contributed by atoms with E-state index in [4.69, 9.17) is 0 Å². The maximum atomic E-state index is 11.7.